The van der Waals surface area contributed by atoms with E-state index in [1.807, 2.05) is 0 Å². The average molecular weight is 261 g/mol. The van der Waals surface area contributed by atoms with E-state index in [4.69, 9.17) is 5.73 Å². The molecule has 0 radical (unpaired) electrons. The first-order valence-electron chi connectivity index (χ1n) is 7.06. The van der Waals surface area contributed by atoms with Crippen LogP contribution in [0.4, 0.5) is 0 Å². The molecule has 0 spiro atoms. The summed E-state index contributed by atoms with van der Waals surface area (Å²) in [6.45, 7) is 3.38. The molecule has 1 aromatic heterocycles. The van der Waals surface area contributed by atoms with Crippen molar-refractivity contribution in [1.29, 1.82) is 0 Å². The van der Waals surface area contributed by atoms with E-state index in [-0.39, 0.29) is 11.3 Å². The quantitative estimate of drug-likeness (QED) is 0.873. The van der Waals surface area contributed by atoms with Crippen LogP contribution in [-0.2, 0) is 6.54 Å². The van der Waals surface area contributed by atoms with Crippen LogP contribution in [0.5, 0.6) is 0 Å². The zero-order chi connectivity index (χ0) is 13.7. The van der Waals surface area contributed by atoms with Gasteiger partial charge in [0.1, 0.15) is 0 Å². The normalized spacial score (nSPS) is 18.0. The van der Waals surface area contributed by atoms with Crippen molar-refractivity contribution in [3.8, 4) is 0 Å². The second-order valence-electron chi connectivity index (χ2n) is 5.79. The summed E-state index contributed by atoms with van der Waals surface area (Å²) in [5.41, 5.74) is 7.19. The first-order valence-corrected chi connectivity index (χ1v) is 7.06. The summed E-state index contributed by atoms with van der Waals surface area (Å²) in [6.07, 6.45) is 7.93. The molecule has 0 atom stereocenters. The van der Waals surface area contributed by atoms with E-state index in [2.05, 4.69) is 17.2 Å². The van der Waals surface area contributed by atoms with E-state index in [9.17, 15) is 4.79 Å². The number of carbonyl (C=O) groups is 1. The fourth-order valence-corrected chi connectivity index (χ4v) is 2.71. The van der Waals surface area contributed by atoms with Crippen LogP contribution < -0.4 is 11.1 Å². The molecule has 1 amide bonds. The second-order valence-corrected chi connectivity index (χ2v) is 5.79. The third-order valence-electron chi connectivity index (χ3n) is 4.02. The lowest BCUT2D eigenvalue weighted by Gasteiger charge is -2.33. The lowest BCUT2D eigenvalue weighted by atomic mass is 9.76. The summed E-state index contributed by atoms with van der Waals surface area (Å²) in [6, 6.07) is 3.50. The van der Waals surface area contributed by atoms with Crippen molar-refractivity contribution < 1.29 is 4.79 Å². The molecule has 4 heteroatoms. The van der Waals surface area contributed by atoms with Gasteiger partial charge in [-0.05, 0) is 30.4 Å². The Morgan fingerprint density at radius 2 is 2.16 bits per heavy atom. The minimum Gasteiger partial charge on any atom is -0.351 e. The fraction of sp³-hybridized carbons (Fsp3) is 0.600. The Morgan fingerprint density at radius 3 is 2.84 bits per heavy atom. The molecule has 0 bridgehead atoms. The van der Waals surface area contributed by atoms with Crippen LogP contribution >= 0.6 is 0 Å². The first-order chi connectivity index (χ1) is 9.13. The number of nitrogens with two attached hydrogens (primary N) is 1. The smallest absolute Gasteiger partial charge is 0.251 e. The third kappa shape index (κ3) is 3.77. The molecule has 1 heterocycles. The van der Waals surface area contributed by atoms with Crippen LogP contribution in [0.3, 0.4) is 0 Å². The van der Waals surface area contributed by atoms with E-state index in [1.165, 1.54) is 32.1 Å². The van der Waals surface area contributed by atoms with Gasteiger partial charge < -0.3 is 11.1 Å². The van der Waals surface area contributed by atoms with E-state index in [1.54, 1.807) is 18.3 Å². The fourth-order valence-electron chi connectivity index (χ4n) is 2.71. The van der Waals surface area contributed by atoms with Crippen molar-refractivity contribution in [2.45, 2.75) is 45.6 Å². The van der Waals surface area contributed by atoms with Gasteiger partial charge in [-0.1, -0.05) is 26.2 Å². The van der Waals surface area contributed by atoms with Crippen molar-refractivity contribution in [2.75, 3.05) is 6.54 Å². The van der Waals surface area contributed by atoms with Crippen LogP contribution in [0.2, 0.25) is 0 Å². The molecule has 1 fully saturated rings. The van der Waals surface area contributed by atoms with Crippen molar-refractivity contribution in [1.82, 2.24) is 10.3 Å². The predicted molar refractivity (Wildman–Crippen MR) is 75.7 cm³/mol. The molecule has 0 saturated heterocycles. The SMILES string of the molecule is CC1(CNC(=O)c2ccnc(CN)c2)CCCCC1. The predicted octanol–water partition coefficient (Wildman–Crippen LogP) is 2.24. The molecule has 0 unspecified atom stereocenters. The van der Waals surface area contributed by atoms with Gasteiger partial charge in [-0.2, -0.15) is 0 Å². The Balaban J connectivity index is 1.93. The molecule has 104 valence electrons. The molecular formula is C15H23N3O. The maximum absolute atomic E-state index is 12.1. The molecule has 3 N–H and O–H groups in total. The maximum atomic E-state index is 12.1. The Kier molecular flexibility index (Phi) is 4.53. The zero-order valence-corrected chi connectivity index (χ0v) is 11.6. The van der Waals surface area contributed by atoms with Gasteiger partial charge in [0.15, 0.2) is 0 Å². The van der Waals surface area contributed by atoms with Crippen molar-refractivity contribution >= 4 is 5.91 Å². The minimum atomic E-state index is -0.0242. The molecule has 2 rings (SSSR count). The molecule has 0 aliphatic heterocycles. The number of carbonyl (C=O) groups excluding carboxylic acids is 1. The first kappa shape index (κ1) is 14.0. The maximum Gasteiger partial charge on any atom is 0.251 e. The van der Waals surface area contributed by atoms with Gasteiger partial charge in [-0.3, -0.25) is 9.78 Å². The molecular weight excluding hydrogens is 238 g/mol. The molecule has 1 saturated carbocycles. The number of nitrogens with one attached hydrogen (secondary N) is 1. The number of hydrogen-bond acceptors (Lipinski definition) is 3. The standard InChI is InChI=1S/C15H23N3O/c1-15(6-3-2-4-7-15)11-18-14(19)12-5-8-17-13(9-12)10-16/h5,8-9H,2-4,6-7,10-11,16H2,1H3,(H,18,19). The minimum absolute atomic E-state index is 0.0242. The van der Waals surface area contributed by atoms with Gasteiger partial charge in [-0.25, -0.2) is 0 Å². The van der Waals surface area contributed by atoms with Crippen molar-refractivity contribution in [3.05, 3.63) is 29.6 Å². The third-order valence-corrected chi connectivity index (χ3v) is 4.02. The summed E-state index contributed by atoms with van der Waals surface area (Å²) in [4.78, 5) is 16.2. The molecule has 1 aliphatic rings. The lowest BCUT2D eigenvalue weighted by molar-refractivity contribution is 0.0919. The summed E-state index contributed by atoms with van der Waals surface area (Å²) in [5, 5.41) is 3.05. The topological polar surface area (TPSA) is 68.0 Å². The monoisotopic (exact) mass is 261 g/mol. The summed E-state index contributed by atoms with van der Waals surface area (Å²) in [7, 11) is 0. The van der Waals surface area contributed by atoms with E-state index >= 15 is 0 Å². The van der Waals surface area contributed by atoms with Crippen LogP contribution in [0.15, 0.2) is 18.3 Å². The lowest BCUT2D eigenvalue weighted by Crippen LogP contribution is -2.37. The van der Waals surface area contributed by atoms with Gasteiger partial charge in [0.25, 0.3) is 5.91 Å². The number of pyridine rings is 1. The number of rotatable bonds is 4. The zero-order valence-electron chi connectivity index (χ0n) is 11.6. The van der Waals surface area contributed by atoms with Crippen molar-refractivity contribution in [3.63, 3.8) is 0 Å². The number of nitrogens with zero attached hydrogens (tertiary/aromatic N) is 1. The average Bonchev–Trinajstić information content (AvgIpc) is 2.46. The molecule has 0 aromatic carbocycles. The van der Waals surface area contributed by atoms with Gasteiger partial charge in [-0.15, -0.1) is 0 Å². The number of aromatic nitrogens is 1. The van der Waals surface area contributed by atoms with E-state index < -0.39 is 0 Å². The van der Waals surface area contributed by atoms with Gasteiger partial charge in [0.05, 0.1) is 5.69 Å². The van der Waals surface area contributed by atoms with Crippen LogP contribution in [-0.4, -0.2) is 17.4 Å². The Hall–Kier alpha value is -1.42. The Morgan fingerprint density at radius 1 is 1.42 bits per heavy atom. The highest BCUT2D eigenvalue weighted by molar-refractivity contribution is 5.94. The van der Waals surface area contributed by atoms with E-state index in [0.29, 0.717) is 12.1 Å². The largest absolute Gasteiger partial charge is 0.351 e. The van der Waals surface area contributed by atoms with Crippen molar-refractivity contribution in [2.24, 2.45) is 11.1 Å². The number of amides is 1. The van der Waals surface area contributed by atoms with Crippen LogP contribution in [0.25, 0.3) is 0 Å². The highest BCUT2D eigenvalue weighted by Gasteiger charge is 2.27. The van der Waals surface area contributed by atoms with Crippen LogP contribution in [0, 0.1) is 5.41 Å². The van der Waals surface area contributed by atoms with Gasteiger partial charge in [0, 0.05) is 24.8 Å². The van der Waals surface area contributed by atoms with Crippen LogP contribution in [0.1, 0.15) is 55.1 Å². The molecule has 1 aliphatic carbocycles. The molecule has 4 nitrogen and oxygen atoms in total. The molecule has 1 aromatic rings. The molecule has 19 heavy (non-hydrogen) atoms. The second kappa shape index (κ2) is 6.15. The van der Waals surface area contributed by atoms with E-state index in [0.717, 1.165) is 12.2 Å². The summed E-state index contributed by atoms with van der Waals surface area (Å²) < 4.78 is 0. The highest BCUT2D eigenvalue weighted by atomic mass is 16.1. The van der Waals surface area contributed by atoms with Gasteiger partial charge >= 0.3 is 0 Å². The Bertz CT molecular complexity index is 439. The Labute approximate surface area is 114 Å². The summed E-state index contributed by atoms with van der Waals surface area (Å²) >= 11 is 0. The highest BCUT2D eigenvalue weighted by Crippen LogP contribution is 2.34. The van der Waals surface area contributed by atoms with Gasteiger partial charge in [0.2, 0.25) is 0 Å². The number of hydrogen-bond donors (Lipinski definition) is 2. The summed E-state index contributed by atoms with van der Waals surface area (Å²) in [5.74, 6) is -0.0242.